The van der Waals surface area contributed by atoms with Crippen LogP contribution < -0.4 is 0 Å². The van der Waals surface area contributed by atoms with Crippen LogP contribution in [-0.2, 0) is 16.5 Å². The van der Waals surface area contributed by atoms with E-state index >= 15 is 0 Å². The zero-order valence-electron chi connectivity index (χ0n) is 18.7. The Morgan fingerprint density at radius 1 is 0.931 bits per heavy atom. The molecule has 0 saturated heterocycles. The Balaban J connectivity index is 2.98. The SMILES string of the molecule is C=Cc1ccc(CC(CC[P+](CCCC)(CCCC)CCCC)S(=O)(=O)[O-])cc1. The van der Waals surface area contributed by atoms with E-state index in [1.807, 2.05) is 24.3 Å². The summed E-state index contributed by atoms with van der Waals surface area (Å²) in [7, 11) is -5.52. The molecular formula is C24H41O3PS. The number of hydrogen-bond acceptors (Lipinski definition) is 3. The van der Waals surface area contributed by atoms with Crippen molar-refractivity contribution in [2.24, 2.45) is 0 Å². The molecule has 0 saturated carbocycles. The first-order valence-corrected chi connectivity index (χ1v) is 15.3. The van der Waals surface area contributed by atoms with Crippen molar-refractivity contribution in [1.29, 1.82) is 0 Å². The molecule has 29 heavy (non-hydrogen) atoms. The van der Waals surface area contributed by atoms with Crippen LogP contribution in [0.3, 0.4) is 0 Å². The molecule has 0 N–H and O–H groups in total. The highest BCUT2D eigenvalue weighted by Gasteiger charge is 2.36. The molecule has 1 aromatic rings. The fraction of sp³-hybridized carbons (Fsp3) is 0.667. The van der Waals surface area contributed by atoms with E-state index in [1.54, 1.807) is 6.08 Å². The molecule has 0 spiro atoms. The quantitative estimate of drug-likeness (QED) is 0.215. The summed E-state index contributed by atoms with van der Waals surface area (Å²) in [6.45, 7) is 10.4. The monoisotopic (exact) mass is 440 g/mol. The van der Waals surface area contributed by atoms with Crippen molar-refractivity contribution in [2.45, 2.75) is 77.4 Å². The molecule has 0 aliphatic rings. The van der Waals surface area contributed by atoms with E-state index in [-0.39, 0.29) is 0 Å². The maximum absolute atomic E-state index is 12.1. The molecule has 1 aromatic carbocycles. The summed E-state index contributed by atoms with van der Waals surface area (Å²) in [6.07, 6.45) is 14.5. The number of rotatable bonds is 16. The second kappa shape index (κ2) is 13.6. The normalized spacial score (nSPS) is 13.4. The summed E-state index contributed by atoms with van der Waals surface area (Å²) in [4.78, 5) is 0. The average molecular weight is 441 g/mol. The topological polar surface area (TPSA) is 57.2 Å². The van der Waals surface area contributed by atoms with Crippen molar-refractivity contribution in [3.63, 3.8) is 0 Å². The fourth-order valence-corrected chi connectivity index (χ4v) is 10.1. The van der Waals surface area contributed by atoms with Crippen LogP contribution in [-0.4, -0.2) is 42.9 Å². The first-order valence-electron chi connectivity index (χ1n) is 11.3. The predicted octanol–water partition coefficient (Wildman–Crippen LogP) is 6.59. The molecule has 0 aromatic heterocycles. The van der Waals surface area contributed by atoms with Gasteiger partial charge in [0.1, 0.15) is 0 Å². The molecule has 1 atom stereocenters. The van der Waals surface area contributed by atoms with E-state index in [4.69, 9.17) is 0 Å². The molecule has 5 heteroatoms. The second-order valence-corrected chi connectivity index (χ2v) is 14.5. The van der Waals surface area contributed by atoms with Crippen molar-refractivity contribution in [3.8, 4) is 0 Å². The third-order valence-electron chi connectivity index (χ3n) is 5.97. The lowest BCUT2D eigenvalue weighted by atomic mass is 10.1. The number of hydrogen-bond donors (Lipinski definition) is 0. The Labute approximate surface area is 180 Å². The first-order chi connectivity index (χ1) is 13.8. The molecule has 0 fully saturated rings. The third-order valence-corrected chi connectivity index (χ3v) is 12.2. The van der Waals surface area contributed by atoms with Gasteiger partial charge in [-0.2, -0.15) is 0 Å². The van der Waals surface area contributed by atoms with Gasteiger partial charge in [0, 0.05) is 7.26 Å². The minimum absolute atomic E-state index is 0.318. The molecule has 0 bridgehead atoms. The summed E-state index contributed by atoms with van der Waals surface area (Å²) in [5.41, 5.74) is 1.92. The first kappa shape index (κ1) is 26.3. The van der Waals surface area contributed by atoms with E-state index in [2.05, 4.69) is 27.4 Å². The molecule has 1 unspecified atom stereocenters. The second-order valence-electron chi connectivity index (χ2n) is 8.35. The molecule has 0 radical (unpaired) electrons. The van der Waals surface area contributed by atoms with Gasteiger partial charge in [0.05, 0.1) is 40.0 Å². The van der Waals surface area contributed by atoms with Gasteiger partial charge in [0.25, 0.3) is 0 Å². The summed E-state index contributed by atoms with van der Waals surface area (Å²) < 4.78 is 36.2. The maximum atomic E-state index is 12.1. The minimum atomic E-state index is -4.32. The van der Waals surface area contributed by atoms with E-state index in [0.29, 0.717) is 12.8 Å². The fourth-order valence-electron chi connectivity index (χ4n) is 3.97. The van der Waals surface area contributed by atoms with Gasteiger partial charge in [0.2, 0.25) is 0 Å². The van der Waals surface area contributed by atoms with Gasteiger partial charge in [-0.1, -0.05) is 77.0 Å². The van der Waals surface area contributed by atoms with Crippen LogP contribution in [0.5, 0.6) is 0 Å². The van der Waals surface area contributed by atoms with Crippen molar-refractivity contribution in [3.05, 3.63) is 42.0 Å². The summed E-state index contributed by atoms with van der Waals surface area (Å²) in [5, 5.41) is -0.818. The van der Waals surface area contributed by atoms with Crippen LogP contribution in [0.25, 0.3) is 6.08 Å². The third kappa shape index (κ3) is 9.77. The summed E-state index contributed by atoms with van der Waals surface area (Å²) >= 11 is 0. The van der Waals surface area contributed by atoms with Crippen molar-refractivity contribution < 1.29 is 13.0 Å². The molecular weight excluding hydrogens is 399 g/mol. The van der Waals surface area contributed by atoms with Gasteiger partial charge in [-0.25, -0.2) is 8.42 Å². The zero-order valence-corrected chi connectivity index (χ0v) is 20.4. The predicted molar refractivity (Wildman–Crippen MR) is 129 cm³/mol. The molecule has 0 aliphatic carbocycles. The molecule has 0 heterocycles. The van der Waals surface area contributed by atoms with Gasteiger partial charge < -0.3 is 4.55 Å². The van der Waals surface area contributed by atoms with Gasteiger partial charge in [-0.3, -0.25) is 0 Å². The minimum Gasteiger partial charge on any atom is -0.748 e. The highest BCUT2D eigenvalue weighted by Crippen LogP contribution is 2.61. The number of benzene rings is 1. The Morgan fingerprint density at radius 2 is 1.41 bits per heavy atom. The van der Waals surface area contributed by atoms with Gasteiger partial charge in [0.15, 0.2) is 0 Å². The van der Waals surface area contributed by atoms with Gasteiger partial charge in [-0.15, -0.1) is 0 Å². The number of unbranched alkanes of at least 4 members (excludes halogenated alkanes) is 3. The van der Waals surface area contributed by atoms with Crippen LogP contribution in [0, 0.1) is 0 Å². The Morgan fingerprint density at radius 3 is 1.79 bits per heavy atom. The Bertz CT molecular complexity index is 661. The standard InChI is InChI=1S/C24H41O3PS/c1-5-9-17-28(18-10-6-2,19-11-7-3)20-16-24(29(25,26)27)21-23-14-12-22(8-4)13-15-23/h8,12-15,24H,4-7,9-11,16-21H2,1-3H3. The molecule has 0 aliphatic heterocycles. The van der Waals surface area contributed by atoms with Gasteiger partial charge >= 0.3 is 0 Å². The van der Waals surface area contributed by atoms with Gasteiger partial charge in [-0.05, 0) is 43.2 Å². The van der Waals surface area contributed by atoms with Crippen LogP contribution in [0.2, 0.25) is 0 Å². The van der Waals surface area contributed by atoms with Crippen LogP contribution in [0.1, 0.15) is 76.8 Å². The lowest BCUT2D eigenvalue weighted by Gasteiger charge is -2.30. The Hall–Kier alpha value is -0.700. The maximum Gasteiger partial charge on any atom is 0.0980 e. The van der Waals surface area contributed by atoms with Crippen LogP contribution in [0.4, 0.5) is 0 Å². The van der Waals surface area contributed by atoms with Crippen LogP contribution >= 0.6 is 7.26 Å². The summed E-state index contributed by atoms with van der Waals surface area (Å²) in [6, 6.07) is 7.70. The largest absolute Gasteiger partial charge is 0.748 e. The Kier molecular flexibility index (Phi) is 12.3. The van der Waals surface area contributed by atoms with Crippen molar-refractivity contribution in [2.75, 3.05) is 24.6 Å². The van der Waals surface area contributed by atoms with E-state index in [1.165, 1.54) is 57.0 Å². The lowest BCUT2D eigenvalue weighted by Crippen LogP contribution is -2.26. The highest BCUT2D eigenvalue weighted by atomic mass is 32.2. The van der Waals surface area contributed by atoms with E-state index in [0.717, 1.165) is 17.3 Å². The van der Waals surface area contributed by atoms with Crippen molar-refractivity contribution >= 4 is 23.5 Å². The summed E-state index contributed by atoms with van der Waals surface area (Å²) in [5.74, 6) is 0. The molecule has 0 amide bonds. The van der Waals surface area contributed by atoms with E-state index < -0.39 is 22.6 Å². The zero-order chi connectivity index (χ0) is 21.8. The molecule has 3 nitrogen and oxygen atoms in total. The lowest BCUT2D eigenvalue weighted by molar-refractivity contribution is 0.444. The molecule has 166 valence electrons. The molecule has 1 rings (SSSR count). The van der Waals surface area contributed by atoms with Crippen molar-refractivity contribution in [1.82, 2.24) is 0 Å². The average Bonchev–Trinajstić information content (AvgIpc) is 2.71. The van der Waals surface area contributed by atoms with E-state index in [9.17, 15) is 13.0 Å². The van der Waals surface area contributed by atoms with Crippen LogP contribution in [0.15, 0.2) is 30.8 Å². The highest BCUT2D eigenvalue weighted by molar-refractivity contribution is 7.86. The smallest absolute Gasteiger partial charge is 0.0980 e.